The summed E-state index contributed by atoms with van der Waals surface area (Å²) in [7, 11) is 0. The highest BCUT2D eigenvalue weighted by Gasteiger charge is 2.05. The van der Waals surface area contributed by atoms with Gasteiger partial charge >= 0.3 is 0 Å². The molecule has 0 aromatic carbocycles. The molecule has 1 heterocycles. The van der Waals surface area contributed by atoms with Gasteiger partial charge in [-0.2, -0.15) is 0 Å². The second-order valence-electron chi connectivity index (χ2n) is 3.68. The van der Waals surface area contributed by atoms with Crippen LogP contribution in [0.25, 0.3) is 0 Å². The third-order valence-electron chi connectivity index (χ3n) is 2.57. The van der Waals surface area contributed by atoms with E-state index in [0.717, 1.165) is 30.6 Å². The minimum atomic E-state index is -0.0541. The van der Waals surface area contributed by atoms with Crippen LogP contribution in [0.4, 0.5) is 5.69 Å². The predicted molar refractivity (Wildman–Crippen MR) is 59.5 cm³/mol. The number of aromatic nitrogens is 1. The second kappa shape index (κ2) is 4.31. The van der Waals surface area contributed by atoms with Gasteiger partial charge in [0.25, 0.3) is 5.56 Å². The van der Waals surface area contributed by atoms with Crippen molar-refractivity contribution in [2.24, 2.45) is 0 Å². The zero-order valence-corrected chi connectivity index (χ0v) is 9.13. The number of anilines is 1. The van der Waals surface area contributed by atoms with E-state index in [1.165, 1.54) is 0 Å². The summed E-state index contributed by atoms with van der Waals surface area (Å²) >= 11 is 0. The molecular formula is C11H18N2O. The first-order valence-electron chi connectivity index (χ1n) is 5.04. The minimum Gasteiger partial charge on any atom is -0.394 e. The molecule has 0 bridgehead atoms. The third-order valence-corrected chi connectivity index (χ3v) is 2.57. The SMILES string of the molecule is CCCCn1c(C)c(C)cc(N)c1=O. The molecule has 0 fully saturated rings. The Morgan fingerprint density at radius 2 is 2.07 bits per heavy atom. The summed E-state index contributed by atoms with van der Waals surface area (Å²) in [5.74, 6) is 0. The maximum absolute atomic E-state index is 11.7. The first kappa shape index (κ1) is 10.8. The van der Waals surface area contributed by atoms with Crippen LogP contribution in [0.2, 0.25) is 0 Å². The Bertz CT molecular complexity index is 380. The molecule has 0 amide bonds. The first-order chi connectivity index (χ1) is 6.57. The van der Waals surface area contributed by atoms with Gasteiger partial charge in [-0.3, -0.25) is 4.79 Å². The van der Waals surface area contributed by atoms with Gasteiger partial charge in [-0.05, 0) is 31.9 Å². The zero-order chi connectivity index (χ0) is 10.7. The van der Waals surface area contributed by atoms with E-state index in [-0.39, 0.29) is 5.56 Å². The van der Waals surface area contributed by atoms with Gasteiger partial charge in [-0.1, -0.05) is 13.3 Å². The largest absolute Gasteiger partial charge is 0.394 e. The van der Waals surface area contributed by atoms with E-state index in [1.807, 2.05) is 13.8 Å². The van der Waals surface area contributed by atoms with Gasteiger partial charge < -0.3 is 10.3 Å². The van der Waals surface area contributed by atoms with Crippen molar-refractivity contribution in [1.82, 2.24) is 4.57 Å². The molecule has 0 aliphatic heterocycles. The van der Waals surface area contributed by atoms with Gasteiger partial charge in [0, 0.05) is 12.2 Å². The van der Waals surface area contributed by atoms with Crippen LogP contribution in [-0.2, 0) is 6.54 Å². The van der Waals surface area contributed by atoms with Crippen LogP contribution in [0.1, 0.15) is 31.0 Å². The van der Waals surface area contributed by atoms with Crippen LogP contribution in [-0.4, -0.2) is 4.57 Å². The van der Waals surface area contributed by atoms with Crippen LogP contribution in [0.5, 0.6) is 0 Å². The highest BCUT2D eigenvalue weighted by molar-refractivity contribution is 5.40. The maximum Gasteiger partial charge on any atom is 0.273 e. The normalized spacial score (nSPS) is 10.5. The van der Waals surface area contributed by atoms with E-state index < -0.39 is 0 Å². The number of rotatable bonds is 3. The number of pyridine rings is 1. The molecule has 1 aromatic rings. The van der Waals surface area contributed by atoms with E-state index >= 15 is 0 Å². The van der Waals surface area contributed by atoms with Crippen LogP contribution in [0.15, 0.2) is 10.9 Å². The number of unbranched alkanes of at least 4 members (excludes halogenated alkanes) is 1. The van der Waals surface area contributed by atoms with Crippen molar-refractivity contribution in [3.63, 3.8) is 0 Å². The molecule has 0 saturated carbocycles. The minimum absolute atomic E-state index is 0.0541. The highest BCUT2D eigenvalue weighted by atomic mass is 16.1. The molecule has 0 spiro atoms. The Labute approximate surface area is 84.6 Å². The molecule has 0 saturated heterocycles. The lowest BCUT2D eigenvalue weighted by atomic mass is 10.2. The third kappa shape index (κ3) is 1.97. The number of hydrogen-bond acceptors (Lipinski definition) is 2. The molecule has 3 heteroatoms. The maximum atomic E-state index is 11.7. The topological polar surface area (TPSA) is 48.0 Å². The lowest BCUT2D eigenvalue weighted by Gasteiger charge is -2.12. The lowest BCUT2D eigenvalue weighted by Crippen LogP contribution is -2.25. The lowest BCUT2D eigenvalue weighted by molar-refractivity contribution is 0.598. The summed E-state index contributed by atoms with van der Waals surface area (Å²) in [5, 5.41) is 0. The molecule has 78 valence electrons. The molecule has 3 nitrogen and oxygen atoms in total. The Hall–Kier alpha value is -1.25. The molecule has 0 unspecified atom stereocenters. The first-order valence-corrected chi connectivity index (χ1v) is 5.04. The van der Waals surface area contributed by atoms with Gasteiger partial charge in [0.05, 0.1) is 5.69 Å². The summed E-state index contributed by atoms with van der Waals surface area (Å²) in [5.41, 5.74) is 8.03. The second-order valence-corrected chi connectivity index (χ2v) is 3.68. The standard InChI is InChI=1S/C11H18N2O/c1-4-5-6-13-9(3)8(2)7-10(12)11(13)14/h7H,4-6,12H2,1-3H3. The van der Waals surface area contributed by atoms with Gasteiger partial charge in [0.1, 0.15) is 0 Å². The smallest absolute Gasteiger partial charge is 0.273 e. The zero-order valence-electron chi connectivity index (χ0n) is 9.13. The fourth-order valence-corrected chi connectivity index (χ4v) is 1.51. The number of nitrogen functional groups attached to an aromatic ring is 1. The quantitative estimate of drug-likeness (QED) is 0.798. The Morgan fingerprint density at radius 1 is 1.43 bits per heavy atom. The molecule has 1 aromatic heterocycles. The highest BCUT2D eigenvalue weighted by Crippen LogP contribution is 2.08. The molecular weight excluding hydrogens is 176 g/mol. The Kier molecular flexibility index (Phi) is 3.33. The number of nitrogens with two attached hydrogens (primary N) is 1. The summed E-state index contributed by atoms with van der Waals surface area (Å²) in [4.78, 5) is 11.7. The van der Waals surface area contributed by atoms with E-state index in [4.69, 9.17) is 5.73 Å². The van der Waals surface area contributed by atoms with Crippen LogP contribution in [0, 0.1) is 13.8 Å². The average molecular weight is 194 g/mol. The Balaban J connectivity index is 3.18. The van der Waals surface area contributed by atoms with Gasteiger partial charge in [0.15, 0.2) is 0 Å². The summed E-state index contributed by atoms with van der Waals surface area (Å²) < 4.78 is 1.77. The van der Waals surface area contributed by atoms with Crippen molar-refractivity contribution < 1.29 is 0 Å². The summed E-state index contributed by atoms with van der Waals surface area (Å²) in [6, 6.07) is 1.75. The molecule has 2 N–H and O–H groups in total. The molecule has 1 rings (SSSR count). The van der Waals surface area contributed by atoms with Crippen molar-refractivity contribution in [3.05, 3.63) is 27.7 Å². The molecule has 0 radical (unpaired) electrons. The van der Waals surface area contributed by atoms with E-state index in [2.05, 4.69) is 6.92 Å². The van der Waals surface area contributed by atoms with Gasteiger partial charge in [-0.25, -0.2) is 0 Å². The van der Waals surface area contributed by atoms with Crippen molar-refractivity contribution in [2.75, 3.05) is 5.73 Å². The molecule has 0 aliphatic rings. The molecule has 0 atom stereocenters. The van der Waals surface area contributed by atoms with Crippen LogP contribution < -0.4 is 11.3 Å². The van der Waals surface area contributed by atoms with E-state index in [1.54, 1.807) is 10.6 Å². The fraction of sp³-hybridized carbons (Fsp3) is 0.545. The summed E-state index contributed by atoms with van der Waals surface area (Å²) in [6.45, 7) is 6.83. The van der Waals surface area contributed by atoms with Crippen molar-refractivity contribution in [2.45, 2.75) is 40.2 Å². The van der Waals surface area contributed by atoms with Crippen molar-refractivity contribution in [1.29, 1.82) is 0 Å². The monoisotopic (exact) mass is 194 g/mol. The number of nitrogens with zero attached hydrogens (tertiary/aromatic N) is 1. The number of aryl methyl sites for hydroxylation is 1. The summed E-state index contributed by atoms with van der Waals surface area (Å²) in [6.07, 6.45) is 2.10. The van der Waals surface area contributed by atoms with Crippen LogP contribution in [0.3, 0.4) is 0 Å². The van der Waals surface area contributed by atoms with Crippen molar-refractivity contribution >= 4 is 5.69 Å². The van der Waals surface area contributed by atoms with Crippen LogP contribution >= 0.6 is 0 Å². The molecule has 0 aliphatic carbocycles. The average Bonchev–Trinajstić information content (AvgIpc) is 2.15. The van der Waals surface area contributed by atoms with Gasteiger partial charge in [0.2, 0.25) is 0 Å². The van der Waals surface area contributed by atoms with E-state index in [9.17, 15) is 4.79 Å². The number of hydrogen-bond donors (Lipinski definition) is 1. The predicted octanol–water partition coefficient (Wildman–Crippen LogP) is 1.85. The fourth-order valence-electron chi connectivity index (χ4n) is 1.51. The molecule has 14 heavy (non-hydrogen) atoms. The van der Waals surface area contributed by atoms with Gasteiger partial charge in [-0.15, -0.1) is 0 Å². The Morgan fingerprint density at radius 3 is 2.64 bits per heavy atom. The van der Waals surface area contributed by atoms with E-state index in [0.29, 0.717) is 5.69 Å². The van der Waals surface area contributed by atoms with Crippen molar-refractivity contribution in [3.8, 4) is 0 Å².